The minimum atomic E-state index is -1.24. The van der Waals surface area contributed by atoms with Crippen LogP contribution < -0.4 is 5.32 Å². The Morgan fingerprint density at radius 2 is 2.22 bits per heavy atom. The zero-order chi connectivity index (χ0) is 17.2. The maximum absolute atomic E-state index is 11.3. The molecule has 0 amide bonds. The summed E-state index contributed by atoms with van der Waals surface area (Å²) in [6.45, 7) is 3.51. The van der Waals surface area contributed by atoms with Gasteiger partial charge in [-0.1, -0.05) is 30.7 Å². The molecule has 0 aliphatic heterocycles. The highest BCUT2D eigenvalue weighted by molar-refractivity contribution is 6.30. The van der Waals surface area contributed by atoms with Crippen molar-refractivity contribution in [1.29, 1.82) is 0 Å². The zero-order valence-electron chi connectivity index (χ0n) is 13.2. The standard InChI is InChI=1S/C15H19ClN4O3/c1-4-12-13(20(22)23)14(19(3)18-12)17-9-15(2,21)10-6-5-7-11(16)8-10/h5-8,17,21H,4,9H2,1-3H3. The number of rotatable bonds is 6. The molecule has 124 valence electrons. The number of hydrogen-bond acceptors (Lipinski definition) is 5. The molecule has 0 radical (unpaired) electrons. The van der Waals surface area contributed by atoms with E-state index in [0.717, 1.165) is 0 Å². The number of halogens is 1. The average molecular weight is 339 g/mol. The van der Waals surface area contributed by atoms with Gasteiger partial charge in [0.05, 0.1) is 4.92 Å². The number of anilines is 1. The summed E-state index contributed by atoms with van der Waals surface area (Å²) in [5, 5.41) is 29.5. The topological polar surface area (TPSA) is 93.2 Å². The molecule has 2 aromatic rings. The Balaban J connectivity index is 2.27. The number of nitrogens with zero attached hydrogens (tertiary/aromatic N) is 3. The van der Waals surface area contributed by atoms with Crippen LogP contribution in [-0.2, 0) is 19.1 Å². The van der Waals surface area contributed by atoms with E-state index in [0.29, 0.717) is 22.7 Å². The van der Waals surface area contributed by atoms with Crippen LogP contribution in [0, 0.1) is 10.1 Å². The molecule has 8 heteroatoms. The molecule has 1 atom stereocenters. The Morgan fingerprint density at radius 1 is 1.52 bits per heavy atom. The summed E-state index contributed by atoms with van der Waals surface area (Å²) in [5.74, 6) is 0.272. The maximum Gasteiger partial charge on any atom is 0.333 e. The Labute approximate surface area is 139 Å². The summed E-state index contributed by atoms with van der Waals surface area (Å²) in [4.78, 5) is 10.8. The lowest BCUT2D eigenvalue weighted by Gasteiger charge is -2.24. The SMILES string of the molecule is CCc1nn(C)c(NCC(C)(O)c2cccc(Cl)c2)c1[N+](=O)[O-]. The monoisotopic (exact) mass is 338 g/mol. The van der Waals surface area contributed by atoms with Crippen molar-refractivity contribution in [1.82, 2.24) is 9.78 Å². The van der Waals surface area contributed by atoms with Crippen LogP contribution >= 0.6 is 11.6 Å². The molecular formula is C15H19ClN4O3. The lowest BCUT2D eigenvalue weighted by Crippen LogP contribution is -2.31. The lowest BCUT2D eigenvalue weighted by atomic mass is 9.96. The zero-order valence-corrected chi connectivity index (χ0v) is 14.0. The first-order valence-corrected chi connectivity index (χ1v) is 7.56. The first-order valence-electron chi connectivity index (χ1n) is 7.18. The summed E-state index contributed by atoms with van der Waals surface area (Å²) in [5.41, 5.74) is -0.271. The van der Waals surface area contributed by atoms with Gasteiger partial charge in [0.2, 0.25) is 5.82 Å². The molecular weight excluding hydrogens is 320 g/mol. The number of hydrogen-bond donors (Lipinski definition) is 2. The van der Waals surface area contributed by atoms with Crippen LogP contribution in [0.4, 0.5) is 11.5 Å². The molecule has 0 saturated heterocycles. The van der Waals surface area contributed by atoms with Gasteiger partial charge < -0.3 is 10.4 Å². The van der Waals surface area contributed by atoms with E-state index in [-0.39, 0.29) is 18.1 Å². The van der Waals surface area contributed by atoms with Gasteiger partial charge in [0, 0.05) is 18.6 Å². The first-order chi connectivity index (χ1) is 10.8. The minimum Gasteiger partial charge on any atom is -0.384 e. The summed E-state index contributed by atoms with van der Waals surface area (Å²) < 4.78 is 1.42. The molecule has 0 spiro atoms. The number of aromatic nitrogens is 2. The van der Waals surface area contributed by atoms with Gasteiger partial charge in [0.25, 0.3) is 0 Å². The predicted octanol–water partition coefficient (Wildman–Crippen LogP) is 2.86. The van der Waals surface area contributed by atoms with Crippen LogP contribution in [0.15, 0.2) is 24.3 Å². The van der Waals surface area contributed by atoms with Crippen molar-refractivity contribution in [3.63, 3.8) is 0 Å². The molecule has 2 N–H and O–H groups in total. The normalized spacial score (nSPS) is 13.6. The molecule has 0 aliphatic carbocycles. The van der Waals surface area contributed by atoms with Crippen molar-refractivity contribution >= 4 is 23.1 Å². The van der Waals surface area contributed by atoms with Crippen LogP contribution in [0.3, 0.4) is 0 Å². The Bertz CT molecular complexity index is 728. The minimum absolute atomic E-state index is 0.0584. The second-order valence-corrected chi connectivity index (χ2v) is 5.95. The number of benzene rings is 1. The van der Waals surface area contributed by atoms with Crippen molar-refractivity contribution in [3.05, 3.63) is 50.7 Å². The fourth-order valence-electron chi connectivity index (χ4n) is 2.38. The molecule has 1 heterocycles. The number of aryl methyl sites for hydroxylation is 2. The summed E-state index contributed by atoms with van der Waals surface area (Å²) >= 11 is 5.95. The van der Waals surface area contributed by atoms with Gasteiger partial charge in [-0.2, -0.15) is 5.10 Å². The quantitative estimate of drug-likeness (QED) is 0.624. The van der Waals surface area contributed by atoms with E-state index in [4.69, 9.17) is 11.6 Å². The largest absolute Gasteiger partial charge is 0.384 e. The van der Waals surface area contributed by atoms with Crippen molar-refractivity contribution in [3.8, 4) is 0 Å². The van der Waals surface area contributed by atoms with Crippen molar-refractivity contribution in [2.24, 2.45) is 7.05 Å². The van der Waals surface area contributed by atoms with Crippen LogP contribution in [0.1, 0.15) is 25.1 Å². The van der Waals surface area contributed by atoms with Gasteiger partial charge in [0.1, 0.15) is 11.3 Å². The predicted molar refractivity (Wildman–Crippen MR) is 88.8 cm³/mol. The Morgan fingerprint density at radius 3 is 2.78 bits per heavy atom. The fraction of sp³-hybridized carbons (Fsp3) is 0.400. The third-order valence-electron chi connectivity index (χ3n) is 3.66. The second-order valence-electron chi connectivity index (χ2n) is 5.52. The van der Waals surface area contributed by atoms with E-state index < -0.39 is 10.5 Å². The molecule has 1 aromatic carbocycles. The van der Waals surface area contributed by atoms with Gasteiger partial charge in [-0.15, -0.1) is 0 Å². The van der Waals surface area contributed by atoms with Crippen molar-refractivity contribution in [2.45, 2.75) is 25.9 Å². The van der Waals surface area contributed by atoms with E-state index in [2.05, 4.69) is 10.4 Å². The number of nitrogens with one attached hydrogen (secondary N) is 1. The summed E-state index contributed by atoms with van der Waals surface area (Å²) in [7, 11) is 1.63. The maximum atomic E-state index is 11.3. The molecule has 0 bridgehead atoms. The molecule has 0 aliphatic rings. The van der Waals surface area contributed by atoms with Crippen molar-refractivity contribution < 1.29 is 10.0 Å². The van der Waals surface area contributed by atoms with Crippen LogP contribution in [-0.4, -0.2) is 26.4 Å². The molecule has 23 heavy (non-hydrogen) atoms. The molecule has 1 unspecified atom stereocenters. The highest BCUT2D eigenvalue weighted by Gasteiger charge is 2.29. The molecule has 0 fully saturated rings. The van der Waals surface area contributed by atoms with E-state index in [1.54, 1.807) is 45.2 Å². The van der Waals surface area contributed by atoms with E-state index in [1.165, 1.54) is 4.68 Å². The Kier molecular flexibility index (Phi) is 4.91. The van der Waals surface area contributed by atoms with Crippen LogP contribution in [0.2, 0.25) is 5.02 Å². The van der Waals surface area contributed by atoms with Gasteiger partial charge in [0.15, 0.2) is 0 Å². The fourth-order valence-corrected chi connectivity index (χ4v) is 2.57. The van der Waals surface area contributed by atoms with E-state index in [9.17, 15) is 15.2 Å². The lowest BCUT2D eigenvalue weighted by molar-refractivity contribution is -0.384. The van der Waals surface area contributed by atoms with Gasteiger partial charge in [-0.05, 0) is 31.0 Å². The molecule has 2 rings (SSSR count). The van der Waals surface area contributed by atoms with Crippen LogP contribution in [0.25, 0.3) is 0 Å². The van der Waals surface area contributed by atoms with E-state index >= 15 is 0 Å². The second kappa shape index (κ2) is 6.55. The molecule has 1 aromatic heterocycles. The Hall–Kier alpha value is -2.12. The van der Waals surface area contributed by atoms with Crippen molar-refractivity contribution in [2.75, 3.05) is 11.9 Å². The number of aliphatic hydroxyl groups is 1. The third kappa shape index (κ3) is 3.62. The summed E-state index contributed by atoms with van der Waals surface area (Å²) in [6.07, 6.45) is 0.455. The highest BCUT2D eigenvalue weighted by atomic mass is 35.5. The molecule has 7 nitrogen and oxygen atoms in total. The van der Waals surface area contributed by atoms with Gasteiger partial charge in [-0.3, -0.25) is 10.1 Å². The summed E-state index contributed by atoms with van der Waals surface area (Å²) in [6, 6.07) is 6.88. The van der Waals surface area contributed by atoms with Crippen LogP contribution in [0.5, 0.6) is 0 Å². The highest BCUT2D eigenvalue weighted by Crippen LogP contribution is 2.30. The first kappa shape index (κ1) is 17.2. The average Bonchev–Trinajstić information content (AvgIpc) is 2.81. The smallest absolute Gasteiger partial charge is 0.333 e. The third-order valence-corrected chi connectivity index (χ3v) is 3.89. The van der Waals surface area contributed by atoms with Gasteiger partial charge >= 0.3 is 5.69 Å². The van der Waals surface area contributed by atoms with Gasteiger partial charge in [-0.25, -0.2) is 4.68 Å². The van der Waals surface area contributed by atoms with E-state index in [1.807, 2.05) is 0 Å². The number of nitro groups is 1. The molecule has 0 saturated carbocycles.